The highest BCUT2D eigenvalue weighted by atomic mass is 32.2. The average Bonchev–Trinajstić information content (AvgIpc) is 2.77. The van der Waals surface area contributed by atoms with E-state index in [2.05, 4.69) is 111 Å². The first-order valence-electron chi connectivity index (χ1n) is 10.2. The standard InChI is InChI=1S/C27H23NS3/c1-18-4-8-20(9-5-18)29-22-12-14-24-26(16-22)31-27-17-23(13-15-25(27)28(24)3)30-21-10-6-19(2)7-11-21/h4-17H,1-3H3. The van der Waals surface area contributed by atoms with Crippen molar-refractivity contribution >= 4 is 46.7 Å². The van der Waals surface area contributed by atoms with Crippen molar-refractivity contribution in [2.24, 2.45) is 0 Å². The van der Waals surface area contributed by atoms with Crippen LogP contribution in [0.25, 0.3) is 0 Å². The predicted molar refractivity (Wildman–Crippen MR) is 136 cm³/mol. The highest BCUT2D eigenvalue weighted by Crippen LogP contribution is 2.50. The Hall–Kier alpha value is -2.27. The molecule has 154 valence electrons. The molecular weight excluding hydrogens is 435 g/mol. The summed E-state index contributed by atoms with van der Waals surface area (Å²) < 4.78 is 0. The molecule has 0 saturated carbocycles. The van der Waals surface area contributed by atoms with E-state index in [0.29, 0.717) is 0 Å². The fraction of sp³-hybridized carbons (Fsp3) is 0.111. The Morgan fingerprint density at radius 2 is 0.935 bits per heavy atom. The van der Waals surface area contributed by atoms with Crippen LogP contribution < -0.4 is 4.90 Å². The maximum Gasteiger partial charge on any atom is 0.0551 e. The molecule has 0 atom stereocenters. The molecule has 0 spiro atoms. The van der Waals surface area contributed by atoms with Crippen LogP contribution in [0.4, 0.5) is 11.4 Å². The summed E-state index contributed by atoms with van der Waals surface area (Å²) in [6, 6.07) is 31.1. The molecule has 4 heteroatoms. The van der Waals surface area contributed by atoms with Gasteiger partial charge in [-0.15, -0.1) is 0 Å². The highest BCUT2D eigenvalue weighted by Gasteiger charge is 2.21. The molecule has 0 unspecified atom stereocenters. The number of rotatable bonds is 4. The van der Waals surface area contributed by atoms with E-state index in [4.69, 9.17) is 0 Å². The molecule has 0 aliphatic carbocycles. The van der Waals surface area contributed by atoms with Crippen LogP contribution in [0.5, 0.6) is 0 Å². The first-order valence-corrected chi connectivity index (χ1v) is 12.7. The van der Waals surface area contributed by atoms with Crippen LogP contribution in [0.3, 0.4) is 0 Å². The molecule has 0 fully saturated rings. The van der Waals surface area contributed by atoms with Crippen molar-refractivity contribution in [2.75, 3.05) is 11.9 Å². The zero-order valence-electron chi connectivity index (χ0n) is 17.8. The number of hydrogen-bond acceptors (Lipinski definition) is 4. The van der Waals surface area contributed by atoms with Gasteiger partial charge in [0.05, 0.1) is 11.4 Å². The normalized spacial score (nSPS) is 12.4. The quantitative estimate of drug-likeness (QED) is 0.301. The predicted octanol–water partition coefficient (Wildman–Crippen LogP) is 8.84. The zero-order valence-corrected chi connectivity index (χ0v) is 20.2. The van der Waals surface area contributed by atoms with E-state index < -0.39 is 0 Å². The number of benzene rings is 4. The summed E-state index contributed by atoms with van der Waals surface area (Å²) in [5, 5.41) is 0. The third-order valence-corrected chi connectivity index (χ3v) is 8.41. The van der Waals surface area contributed by atoms with Gasteiger partial charge in [-0.1, -0.05) is 70.7 Å². The molecular formula is C27H23NS3. The van der Waals surface area contributed by atoms with Gasteiger partial charge in [0.25, 0.3) is 0 Å². The molecule has 1 nitrogen and oxygen atoms in total. The van der Waals surface area contributed by atoms with Gasteiger partial charge in [-0.2, -0.15) is 0 Å². The van der Waals surface area contributed by atoms with Crippen molar-refractivity contribution in [1.29, 1.82) is 0 Å². The molecule has 1 aliphatic heterocycles. The molecule has 0 bridgehead atoms. The highest BCUT2D eigenvalue weighted by molar-refractivity contribution is 8.00. The van der Waals surface area contributed by atoms with Gasteiger partial charge in [-0.05, 0) is 74.5 Å². The molecule has 1 heterocycles. The monoisotopic (exact) mass is 457 g/mol. The summed E-state index contributed by atoms with van der Waals surface area (Å²) >= 11 is 5.52. The molecule has 0 N–H and O–H groups in total. The van der Waals surface area contributed by atoms with E-state index in [1.165, 1.54) is 51.9 Å². The molecule has 4 aromatic rings. The zero-order chi connectivity index (χ0) is 21.4. The molecule has 0 amide bonds. The number of anilines is 2. The second kappa shape index (κ2) is 8.70. The first-order chi connectivity index (χ1) is 15.0. The third kappa shape index (κ3) is 4.52. The fourth-order valence-corrected chi connectivity index (χ4v) is 6.66. The van der Waals surface area contributed by atoms with E-state index in [9.17, 15) is 0 Å². The van der Waals surface area contributed by atoms with Gasteiger partial charge in [-0.25, -0.2) is 0 Å². The van der Waals surface area contributed by atoms with E-state index >= 15 is 0 Å². The first kappa shape index (κ1) is 20.6. The van der Waals surface area contributed by atoms with Gasteiger partial charge in [0.15, 0.2) is 0 Å². The summed E-state index contributed by atoms with van der Waals surface area (Å²) in [6.45, 7) is 4.26. The van der Waals surface area contributed by atoms with Gasteiger partial charge >= 0.3 is 0 Å². The van der Waals surface area contributed by atoms with Gasteiger partial charge < -0.3 is 4.90 Å². The second-order valence-corrected chi connectivity index (χ2v) is 11.1. The minimum atomic E-state index is 1.27. The Balaban J connectivity index is 1.40. The van der Waals surface area contributed by atoms with E-state index in [0.717, 1.165) is 0 Å². The number of aryl methyl sites for hydroxylation is 2. The lowest BCUT2D eigenvalue weighted by atomic mass is 10.2. The van der Waals surface area contributed by atoms with Gasteiger partial charge in [-0.3, -0.25) is 0 Å². The maximum atomic E-state index is 2.32. The summed E-state index contributed by atoms with van der Waals surface area (Å²) in [7, 11) is 2.16. The molecule has 0 radical (unpaired) electrons. The lowest BCUT2D eigenvalue weighted by Gasteiger charge is -2.30. The lowest BCUT2D eigenvalue weighted by Crippen LogP contribution is -2.14. The summed E-state index contributed by atoms with van der Waals surface area (Å²) in [6.07, 6.45) is 0. The van der Waals surface area contributed by atoms with Gasteiger partial charge in [0.2, 0.25) is 0 Å². The smallest absolute Gasteiger partial charge is 0.0551 e. The van der Waals surface area contributed by atoms with Crippen LogP contribution in [0.1, 0.15) is 11.1 Å². The maximum absolute atomic E-state index is 2.32. The van der Waals surface area contributed by atoms with Gasteiger partial charge in [0.1, 0.15) is 0 Å². The van der Waals surface area contributed by atoms with E-state index in [-0.39, 0.29) is 0 Å². The van der Waals surface area contributed by atoms with Crippen molar-refractivity contribution in [3.8, 4) is 0 Å². The molecule has 1 aliphatic rings. The molecule has 4 aromatic carbocycles. The molecule has 5 rings (SSSR count). The Kier molecular flexibility index (Phi) is 5.79. The minimum Gasteiger partial charge on any atom is -0.343 e. The van der Waals surface area contributed by atoms with Crippen molar-refractivity contribution in [3.63, 3.8) is 0 Å². The number of nitrogens with zero attached hydrogens (tertiary/aromatic N) is 1. The van der Waals surface area contributed by atoms with Crippen LogP contribution in [-0.2, 0) is 0 Å². The Morgan fingerprint density at radius 1 is 0.548 bits per heavy atom. The molecule has 31 heavy (non-hydrogen) atoms. The summed E-state index contributed by atoms with van der Waals surface area (Å²) in [5.41, 5.74) is 5.13. The van der Waals surface area contributed by atoms with Crippen LogP contribution >= 0.6 is 35.3 Å². The van der Waals surface area contributed by atoms with Crippen molar-refractivity contribution < 1.29 is 0 Å². The third-order valence-electron chi connectivity index (χ3n) is 5.32. The van der Waals surface area contributed by atoms with Gasteiger partial charge in [0, 0.05) is 36.4 Å². The minimum absolute atomic E-state index is 1.27. The van der Waals surface area contributed by atoms with Crippen LogP contribution in [0.15, 0.2) is 114 Å². The number of fused-ring (bicyclic) bond motifs is 2. The molecule has 0 aromatic heterocycles. The summed E-state index contributed by atoms with van der Waals surface area (Å²) in [4.78, 5) is 10.0. The van der Waals surface area contributed by atoms with E-state index in [1.54, 1.807) is 0 Å². The van der Waals surface area contributed by atoms with Crippen molar-refractivity contribution in [3.05, 3.63) is 96.1 Å². The average molecular weight is 458 g/mol. The Bertz CT molecular complexity index is 1130. The second-order valence-electron chi connectivity index (χ2n) is 7.75. The molecule has 0 saturated heterocycles. The van der Waals surface area contributed by atoms with E-state index in [1.807, 2.05) is 35.3 Å². The Morgan fingerprint density at radius 3 is 1.35 bits per heavy atom. The SMILES string of the molecule is Cc1ccc(Sc2ccc3c(c2)Sc2cc(Sc4ccc(C)cc4)ccc2N3C)cc1. The van der Waals surface area contributed by atoms with Crippen molar-refractivity contribution in [2.45, 2.75) is 43.2 Å². The van der Waals surface area contributed by atoms with Crippen LogP contribution in [0, 0.1) is 13.8 Å². The lowest BCUT2D eigenvalue weighted by molar-refractivity contribution is 1.09. The van der Waals surface area contributed by atoms with Crippen molar-refractivity contribution in [1.82, 2.24) is 0 Å². The fourth-order valence-electron chi connectivity index (χ4n) is 3.57. The number of hydrogen-bond donors (Lipinski definition) is 0. The van der Waals surface area contributed by atoms with Crippen LogP contribution in [-0.4, -0.2) is 7.05 Å². The summed E-state index contributed by atoms with van der Waals surface area (Å²) in [5.74, 6) is 0. The Labute approximate surface area is 197 Å². The largest absolute Gasteiger partial charge is 0.343 e. The van der Waals surface area contributed by atoms with Crippen LogP contribution in [0.2, 0.25) is 0 Å². The topological polar surface area (TPSA) is 3.24 Å².